The molecule has 0 spiro atoms. The van der Waals surface area contributed by atoms with Crippen molar-refractivity contribution in [2.45, 2.75) is 0 Å². The van der Waals surface area contributed by atoms with Gasteiger partial charge in [-0.15, -0.1) is 10.2 Å². The van der Waals surface area contributed by atoms with Gasteiger partial charge in [-0.2, -0.15) is 0 Å². The van der Waals surface area contributed by atoms with E-state index in [0.29, 0.717) is 24.5 Å². The Morgan fingerprint density at radius 1 is 1.22 bits per heavy atom. The van der Waals surface area contributed by atoms with E-state index >= 15 is 0 Å². The largest absolute Gasteiger partial charge is 0.360 e. The van der Waals surface area contributed by atoms with E-state index in [1.165, 1.54) is 11.3 Å². The lowest BCUT2D eigenvalue weighted by Crippen LogP contribution is -2.47. The summed E-state index contributed by atoms with van der Waals surface area (Å²) in [6.45, 7) is 1.56. The highest BCUT2D eigenvalue weighted by atomic mass is 32.1. The van der Waals surface area contributed by atoms with E-state index in [0.717, 1.165) is 16.3 Å². The summed E-state index contributed by atoms with van der Waals surface area (Å²) in [4.78, 5) is 30.2. The van der Waals surface area contributed by atoms with Gasteiger partial charge in [0, 0.05) is 36.2 Å². The number of pyridine rings is 1. The van der Waals surface area contributed by atoms with Gasteiger partial charge in [-0.25, -0.2) is 0 Å². The van der Waals surface area contributed by atoms with Gasteiger partial charge in [0.15, 0.2) is 0 Å². The highest BCUT2D eigenvalue weighted by Gasteiger charge is 2.18. The van der Waals surface area contributed by atoms with Gasteiger partial charge in [0.25, 0.3) is 5.91 Å². The van der Waals surface area contributed by atoms with Gasteiger partial charge in [0.2, 0.25) is 5.91 Å². The number of anilines is 2. The molecule has 1 aliphatic heterocycles. The molecule has 0 unspecified atom stereocenters. The monoisotopic (exact) mass is 380 g/mol. The first kappa shape index (κ1) is 17.1. The second-order valence-electron chi connectivity index (χ2n) is 5.95. The number of hydrogen-bond donors (Lipinski definition) is 2. The SMILES string of the molecule is O=C1CN(c2ccnc(C(=O)Nc3ccc(-c4nncs4)cc3)c2)CCN1. The molecule has 0 saturated carbocycles. The number of piperazine rings is 1. The van der Waals surface area contributed by atoms with Crippen LogP contribution in [0.4, 0.5) is 11.4 Å². The summed E-state index contributed by atoms with van der Waals surface area (Å²) in [7, 11) is 0. The first-order chi connectivity index (χ1) is 13.2. The van der Waals surface area contributed by atoms with Crippen molar-refractivity contribution < 1.29 is 9.59 Å². The van der Waals surface area contributed by atoms with E-state index in [4.69, 9.17) is 0 Å². The number of hydrogen-bond acceptors (Lipinski definition) is 7. The molecular formula is C18H16N6O2S. The predicted molar refractivity (Wildman–Crippen MR) is 103 cm³/mol. The van der Waals surface area contributed by atoms with Crippen molar-refractivity contribution >= 4 is 34.5 Å². The van der Waals surface area contributed by atoms with Gasteiger partial charge in [0.1, 0.15) is 16.2 Å². The fourth-order valence-corrected chi connectivity index (χ4v) is 3.35. The molecule has 2 N–H and O–H groups in total. The molecule has 0 bridgehead atoms. The average molecular weight is 380 g/mol. The quantitative estimate of drug-likeness (QED) is 0.716. The fraction of sp³-hybridized carbons (Fsp3) is 0.167. The lowest BCUT2D eigenvalue weighted by molar-refractivity contribution is -0.120. The van der Waals surface area contributed by atoms with Crippen LogP contribution in [-0.2, 0) is 4.79 Å². The smallest absolute Gasteiger partial charge is 0.274 e. The molecule has 4 rings (SSSR count). The minimum absolute atomic E-state index is 0.0282. The molecule has 2 aromatic heterocycles. The first-order valence-corrected chi connectivity index (χ1v) is 9.23. The number of carbonyl (C=O) groups is 2. The van der Waals surface area contributed by atoms with Gasteiger partial charge in [-0.05, 0) is 36.4 Å². The first-order valence-electron chi connectivity index (χ1n) is 8.35. The zero-order valence-electron chi connectivity index (χ0n) is 14.3. The highest BCUT2D eigenvalue weighted by Crippen LogP contribution is 2.23. The second kappa shape index (κ2) is 7.50. The molecule has 8 nitrogen and oxygen atoms in total. The maximum atomic E-state index is 12.5. The molecule has 1 aliphatic rings. The molecule has 1 saturated heterocycles. The van der Waals surface area contributed by atoms with Crippen LogP contribution in [0.15, 0.2) is 48.1 Å². The molecule has 27 heavy (non-hydrogen) atoms. The standard InChI is InChI=1S/C18H16N6O2S/c25-16-10-24(8-7-20-16)14-5-6-19-15(9-14)17(26)22-13-3-1-12(2-4-13)18-23-21-11-27-18/h1-6,9,11H,7-8,10H2,(H,20,25)(H,22,26). The zero-order chi connectivity index (χ0) is 18.6. The van der Waals surface area contributed by atoms with E-state index < -0.39 is 0 Å². The maximum absolute atomic E-state index is 12.5. The molecule has 3 aromatic rings. The van der Waals surface area contributed by atoms with E-state index in [1.54, 1.807) is 23.8 Å². The average Bonchev–Trinajstić information content (AvgIpc) is 3.23. The molecule has 0 aliphatic carbocycles. The number of nitrogens with zero attached hydrogens (tertiary/aromatic N) is 4. The summed E-state index contributed by atoms with van der Waals surface area (Å²) in [5.41, 5.74) is 4.38. The van der Waals surface area contributed by atoms with Crippen molar-refractivity contribution in [3.63, 3.8) is 0 Å². The number of carbonyl (C=O) groups excluding carboxylic acids is 2. The van der Waals surface area contributed by atoms with Crippen molar-refractivity contribution in [3.05, 3.63) is 53.8 Å². The molecule has 136 valence electrons. The van der Waals surface area contributed by atoms with Crippen LogP contribution in [0.3, 0.4) is 0 Å². The zero-order valence-corrected chi connectivity index (χ0v) is 15.1. The van der Waals surface area contributed by atoms with Crippen LogP contribution in [0, 0.1) is 0 Å². The molecule has 3 heterocycles. The summed E-state index contributed by atoms with van der Waals surface area (Å²) >= 11 is 1.46. The van der Waals surface area contributed by atoms with Crippen LogP contribution in [0.1, 0.15) is 10.5 Å². The maximum Gasteiger partial charge on any atom is 0.274 e. The summed E-state index contributed by atoms with van der Waals surface area (Å²) in [6.07, 6.45) is 1.58. The fourth-order valence-electron chi connectivity index (χ4n) is 2.79. The molecule has 9 heteroatoms. The van der Waals surface area contributed by atoms with Crippen LogP contribution >= 0.6 is 11.3 Å². The number of nitrogens with one attached hydrogen (secondary N) is 2. The van der Waals surface area contributed by atoms with Crippen LogP contribution in [0.25, 0.3) is 10.6 Å². The Bertz CT molecular complexity index is 958. The van der Waals surface area contributed by atoms with Gasteiger partial charge < -0.3 is 15.5 Å². The molecule has 0 radical (unpaired) electrons. The third kappa shape index (κ3) is 3.93. The normalized spacial score (nSPS) is 13.9. The van der Waals surface area contributed by atoms with Crippen LogP contribution in [0.5, 0.6) is 0 Å². The summed E-state index contributed by atoms with van der Waals surface area (Å²) < 4.78 is 0. The third-order valence-corrected chi connectivity index (χ3v) is 4.87. The summed E-state index contributed by atoms with van der Waals surface area (Å²) in [5.74, 6) is -0.332. The Labute approximate surface area is 159 Å². The lowest BCUT2D eigenvalue weighted by Gasteiger charge is -2.28. The molecule has 1 aromatic carbocycles. The molecule has 2 amide bonds. The van der Waals surface area contributed by atoms with Gasteiger partial charge in [-0.3, -0.25) is 14.6 Å². The molecule has 0 atom stereocenters. The van der Waals surface area contributed by atoms with Crippen LogP contribution in [0.2, 0.25) is 0 Å². The Morgan fingerprint density at radius 2 is 2.07 bits per heavy atom. The topological polar surface area (TPSA) is 100 Å². The molecule has 1 fully saturated rings. The van der Waals surface area contributed by atoms with Crippen molar-refractivity contribution in [1.29, 1.82) is 0 Å². The van der Waals surface area contributed by atoms with Crippen LogP contribution < -0.4 is 15.5 Å². The third-order valence-electron chi connectivity index (χ3n) is 4.13. The predicted octanol–water partition coefficient (Wildman–Crippen LogP) is 1.79. The summed E-state index contributed by atoms with van der Waals surface area (Å²) in [5, 5.41) is 14.3. The minimum Gasteiger partial charge on any atom is -0.360 e. The van der Waals surface area contributed by atoms with Gasteiger partial charge >= 0.3 is 0 Å². The van der Waals surface area contributed by atoms with Crippen molar-refractivity contribution in [1.82, 2.24) is 20.5 Å². The van der Waals surface area contributed by atoms with Crippen molar-refractivity contribution in [2.24, 2.45) is 0 Å². The molecular weight excluding hydrogens is 364 g/mol. The Hall–Kier alpha value is -3.33. The van der Waals surface area contributed by atoms with Gasteiger partial charge in [-0.1, -0.05) is 11.3 Å². The summed E-state index contributed by atoms with van der Waals surface area (Å²) in [6, 6.07) is 10.9. The van der Waals surface area contributed by atoms with E-state index in [-0.39, 0.29) is 18.4 Å². The Balaban J connectivity index is 1.46. The number of rotatable bonds is 4. The Kier molecular flexibility index (Phi) is 4.75. The number of benzene rings is 1. The van der Waals surface area contributed by atoms with E-state index in [2.05, 4.69) is 25.8 Å². The second-order valence-corrected chi connectivity index (χ2v) is 6.78. The highest BCUT2D eigenvalue weighted by molar-refractivity contribution is 7.12. The Morgan fingerprint density at radius 3 is 2.81 bits per heavy atom. The number of aromatic nitrogens is 3. The van der Waals surface area contributed by atoms with E-state index in [1.807, 2.05) is 29.2 Å². The van der Waals surface area contributed by atoms with Crippen molar-refractivity contribution in [2.75, 3.05) is 29.9 Å². The minimum atomic E-state index is -0.304. The van der Waals surface area contributed by atoms with Crippen LogP contribution in [-0.4, -0.2) is 46.6 Å². The number of amides is 2. The van der Waals surface area contributed by atoms with Crippen molar-refractivity contribution in [3.8, 4) is 10.6 Å². The van der Waals surface area contributed by atoms with E-state index in [9.17, 15) is 9.59 Å². The van der Waals surface area contributed by atoms with Gasteiger partial charge in [0.05, 0.1) is 6.54 Å². The lowest BCUT2D eigenvalue weighted by atomic mass is 10.2.